The van der Waals surface area contributed by atoms with Crippen LogP contribution >= 0.6 is 0 Å². The van der Waals surface area contributed by atoms with Gasteiger partial charge in [0.25, 0.3) is 11.8 Å². The summed E-state index contributed by atoms with van der Waals surface area (Å²) >= 11 is 0. The van der Waals surface area contributed by atoms with Gasteiger partial charge in [0.05, 0.1) is 6.54 Å². The van der Waals surface area contributed by atoms with Crippen LogP contribution in [0.1, 0.15) is 17.3 Å². The maximum absolute atomic E-state index is 11.7. The molecule has 2 atom stereocenters. The highest BCUT2D eigenvalue weighted by molar-refractivity contribution is 5.95. The SMILES string of the molecule is CC1CN(CC(=O)NNC(=O)c2ccccc2)CC1N. The van der Waals surface area contributed by atoms with E-state index in [0.29, 0.717) is 18.0 Å². The van der Waals surface area contributed by atoms with Crippen molar-refractivity contribution in [1.29, 1.82) is 0 Å². The largest absolute Gasteiger partial charge is 0.326 e. The van der Waals surface area contributed by atoms with Gasteiger partial charge in [-0.05, 0) is 18.1 Å². The van der Waals surface area contributed by atoms with Crippen molar-refractivity contribution < 1.29 is 9.59 Å². The molecule has 2 rings (SSSR count). The molecule has 0 saturated carbocycles. The maximum atomic E-state index is 11.7. The number of carbonyl (C=O) groups excluding carboxylic acids is 2. The normalized spacial score (nSPS) is 22.5. The van der Waals surface area contributed by atoms with E-state index in [1.54, 1.807) is 24.3 Å². The van der Waals surface area contributed by atoms with E-state index in [0.717, 1.165) is 6.54 Å². The van der Waals surface area contributed by atoms with E-state index in [-0.39, 0.29) is 24.4 Å². The first-order chi connectivity index (χ1) is 9.56. The van der Waals surface area contributed by atoms with E-state index in [1.165, 1.54) is 0 Å². The summed E-state index contributed by atoms with van der Waals surface area (Å²) in [6.45, 7) is 3.83. The minimum absolute atomic E-state index is 0.113. The highest BCUT2D eigenvalue weighted by atomic mass is 16.2. The molecule has 1 aromatic rings. The molecule has 1 fully saturated rings. The Morgan fingerprint density at radius 3 is 2.55 bits per heavy atom. The van der Waals surface area contributed by atoms with Crippen LogP contribution in [0.5, 0.6) is 0 Å². The molecule has 2 unspecified atom stereocenters. The molecule has 6 heteroatoms. The highest BCUT2D eigenvalue weighted by Gasteiger charge is 2.27. The fourth-order valence-electron chi connectivity index (χ4n) is 2.26. The van der Waals surface area contributed by atoms with Crippen molar-refractivity contribution in [3.8, 4) is 0 Å². The first-order valence-electron chi connectivity index (χ1n) is 6.68. The molecule has 0 aromatic heterocycles. The van der Waals surface area contributed by atoms with E-state index >= 15 is 0 Å². The lowest BCUT2D eigenvalue weighted by Crippen LogP contribution is -2.46. The fraction of sp³-hybridized carbons (Fsp3) is 0.429. The number of benzene rings is 1. The molecule has 20 heavy (non-hydrogen) atoms. The number of amides is 2. The Bertz CT molecular complexity index is 467. The third kappa shape index (κ3) is 3.79. The second kappa shape index (κ2) is 6.49. The maximum Gasteiger partial charge on any atom is 0.269 e. The second-order valence-electron chi connectivity index (χ2n) is 5.20. The van der Waals surface area contributed by atoms with Gasteiger partial charge in [0, 0.05) is 24.7 Å². The minimum Gasteiger partial charge on any atom is -0.326 e. The summed E-state index contributed by atoms with van der Waals surface area (Å²) in [5.74, 6) is -0.178. The number of hydrogen-bond acceptors (Lipinski definition) is 4. The number of hydrazine groups is 1. The zero-order valence-electron chi connectivity index (χ0n) is 11.5. The molecule has 0 radical (unpaired) electrons. The van der Waals surface area contributed by atoms with Crippen LogP contribution in [0.3, 0.4) is 0 Å². The summed E-state index contributed by atoms with van der Waals surface area (Å²) in [6.07, 6.45) is 0. The quantitative estimate of drug-likeness (QED) is 0.663. The smallest absolute Gasteiger partial charge is 0.269 e. The van der Waals surface area contributed by atoms with Crippen molar-refractivity contribution in [2.75, 3.05) is 19.6 Å². The number of nitrogens with one attached hydrogen (secondary N) is 2. The lowest BCUT2D eigenvalue weighted by Gasteiger charge is -2.15. The van der Waals surface area contributed by atoms with Crippen LogP contribution in [-0.2, 0) is 4.79 Å². The van der Waals surface area contributed by atoms with Gasteiger partial charge in [-0.3, -0.25) is 25.3 Å². The Morgan fingerprint density at radius 2 is 1.95 bits per heavy atom. The summed E-state index contributed by atoms with van der Waals surface area (Å²) in [5, 5.41) is 0. The Labute approximate surface area is 118 Å². The van der Waals surface area contributed by atoms with E-state index in [9.17, 15) is 9.59 Å². The molecule has 1 aromatic carbocycles. The highest BCUT2D eigenvalue weighted by Crippen LogP contribution is 2.13. The Kier molecular flexibility index (Phi) is 4.70. The van der Waals surface area contributed by atoms with Crippen molar-refractivity contribution in [2.45, 2.75) is 13.0 Å². The number of nitrogens with two attached hydrogens (primary N) is 1. The number of hydrogen-bond donors (Lipinski definition) is 3. The van der Waals surface area contributed by atoms with Gasteiger partial charge in [-0.1, -0.05) is 25.1 Å². The zero-order valence-corrected chi connectivity index (χ0v) is 11.5. The molecule has 2 amide bonds. The third-order valence-corrected chi connectivity index (χ3v) is 3.46. The van der Waals surface area contributed by atoms with Crippen molar-refractivity contribution in [1.82, 2.24) is 15.8 Å². The van der Waals surface area contributed by atoms with Crippen LogP contribution in [0.4, 0.5) is 0 Å². The molecule has 1 aliphatic rings. The minimum atomic E-state index is -0.328. The van der Waals surface area contributed by atoms with Crippen molar-refractivity contribution in [2.24, 2.45) is 11.7 Å². The Balaban J connectivity index is 1.74. The standard InChI is InChI=1S/C14H20N4O2/c1-10-7-18(8-12(10)15)9-13(19)16-17-14(20)11-5-3-2-4-6-11/h2-6,10,12H,7-9,15H2,1H3,(H,16,19)(H,17,20). The topological polar surface area (TPSA) is 87.5 Å². The fourth-order valence-corrected chi connectivity index (χ4v) is 2.26. The van der Waals surface area contributed by atoms with Gasteiger partial charge in [-0.15, -0.1) is 0 Å². The molecule has 1 saturated heterocycles. The van der Waals surface area contributed by atoms with Crippen LogP contribution < -0.4 is 16.6 Å². The third-order valence-electron chi connectivity index (χ3n) is 3.46. The monoisotopic (exact) mass is 276 g/mol. The molecule has 0 bridgehead atoms. The Morgan fingerprint density at radius 1 is 1.25 bits per heavy atom. The van der Waals surface area contributed by atoms with Crippen LogP contribution in [0.15, 0.2) is 30.3 Å². The lowest BCUT2D eigenvalue weighted by molar-refractivity contribution is -0.122. The van der Waals surface area contributed by atoms with Gasteiger partial charge in [-0.2, -0.15) is 0 Å². The molecule has 6 nitrogen and oxygen atoms in total. The molecule has 0 spiro atoms. The number of likely N-dealkylation sites (tertiary alicyclic amines) is 1. The van der Waals surface area contributed by atoms with Gasteiger partial charge in [-0.25, -0.2) is 0 Å². The molecule has 108 valence electrons. The predicted molar refractivity (Wildman–Crippen MR) is 75.6 cm³/mol. The predicted octanol–water partition coefficient (Wildman–Crippen LogP) is -0.273. The first kappa shape index (κ1) is 14.5. The Hall–Kier alpha value is -1.92. The molecule has 4 N–H and O–H groups in total. The second-order valence-corrected chi connectivity index (χ2v) is 5.20. The van der Waals surface area contributed by atoms with E-state index in [4.69, 9.17) is 5.73 Å². The average Bonchev–Trinajstić information content (AvgIpc) is 2.75. The van der Waals surface area contributed by atoms with E-state index in [2.05, 4.69) is 17.8 Å². The van der Waals surface area contributed by atoms with Crippen LogP contribution in [0.25, 0.3) is 0 Å². The summed E-state index contributed by atoms with van der Waals surface area (Å²) in [4.78, 5) is 25.5. The molecule has 1 aliphatic heterocycles. The first-order valence-corrected chi connectivity index (χ1v) is 6.68. The summed E-state index contributed by atoms with van der Waals surface area (Å²) in [5.41, 5.74) is 11.2. The molecule has 0 aliphatic carbocycles. The number of carbonyl (C=O) groups is 2. The zero-order chi connectivity index (χ0) is 14.5. The van der Waals surface area contributed by atoms with Crippen molar-refractivity contribution in [3.05, 3.63) is 35.9 Å². The van der Waals surface area contributed by atoms with Gasteiger partial charge in [0.2, 0.25) is 0 Å². The van der Waals surface area contributed by atoms with Crippen LogP contribution in [-0.4, -0.2) is 42.4 Å². The average molecular weight is 276 g/mol. The van der Waals surface area contributed by atoms with E-state index < -0.39 is 0 Å². The van der Waals surface area contributed by atoms with Crippen molar-refractivity contribution >= 4 is 11.8 Å². The van der Waals surface area contributed by atoms with Crippen LogP contribution in [0, 0.1) is 5.92 Å². The number of rotatable bonds is 3. The summed E-state index contributed by atoms with van der Waals surface area (Å²) in [6, 6.07) is 8.84. The summed E-state index contributed by atoms with van der Waals surface area (Å²) in [7, 11) is 0. The number of nitrogens with zero attached hydrogens (tertiary/aromatic N) is 1. The molecular formula is C14H20N4O2. The lowest BCUT2D eigenvalue weighted by atomic mass is 10.1. The molecular weight excluding hydrogens is 256 g/mol. The van der Waals surface area contributed by atoms with Crippen molar-refractivity contribution in [3.63, 3.8) is 0 Å². The van der Waals surface area contributed by atoms with Gasteiger partial charge >= 0.3 is 0 Å². The van der Waals surface area contributed by atoms with Gasteiger partial charge in [0.15, 0.2) is 0 Å². The van der Waals surface area contributed by atoms with Crippen LogP contribution in [0.2, 0.25) is 0 Å². The van der Waals surface area contributed by atoms with E-state index in [1.807, 2.05) is 11.0 Å². The van der Waals surface area contributed by atoms with Gasteiger partial charge < -0.3 is 5.73 Å². The van der Waals surface area contributed by atoms with Gasteiger partial charge in [0.1, 0.15) is 0 Å². The summed E-state index contributed by atoms with van der Waals surface area (Å²) < 4.78 is 0. The molecule has 1 heterocycles.